The summed E-state index contributed by atoms with van der Waals surface area (Å²) in [6.07, 6.45) is 1.91. The van der Waals surface area contributed by atoms with Crippen LogP contribution in [0.15, 0.2) is 54.7 Å². The Kier molecular flexibility index (Phi) is 7.65. The van der Waals surface area contributed by atoms with Gasteiger partial charge in [0.15, 0.2) is 0 Å². The summed E-state index contributed by atoms with van der Waals surface area (Å²) in [4.78, 5) is 39.8. The lowest BCUT2D eigenvalue weighted by molar-refractivity contribution is -0.142. The first kappa shape index (κ1) is 23.8. The van der Waals surface area contributed by atoms with Crippen molar-refractivity contribution in [3.05, 3.63) is 65.9 Å². The molecule has 0 aliphatic carbocycles. The molecular formula is C23H26N4O6. The van der Waals surface area contributed by atoms with Crippen LogP contribution in [0.1, 0.15) is 11.1 Å². The largest absolute Gasteiger partial charge is 0.508 e. The molecule has 1 heterocycles. The molecule has 2 amide bonds. The smallest absolute Gasteiger partial charge is 0.326 e. The minimum Gasteiger partial charge on any atom is -0.508 e. The Labute approximate surface area is 189 Å². The number of aliphatic hydroxyl groups is 1. The standard InChI is InChI=1S/C23H26N4O6/c24-17(10-14-11-25-18-4-2-1-3-16(14)18)21(30)27-20(12-28)22(31)26-19(23(32)33)9-13-5-7-15(29)8-6-13/h1-8,11,17,19-20,25,28-29H,9-10,12,24H2,(H,26,31)(H,27,30)(H,32,33)/t17-,19-,20-/m0/s1. The van der Waals surface area contributed by atoms with Crippen molar-refractivity contribution in [2.24, 2.45) is 5.73 Å². The molecule has 3 rings (SSSR count). The zero-order valence-corrected chi connectivity index (χ0v) is 17.7. The molecule has 0 unspecified atom stereocenters. The Morgan fingerprint density at radius 1 is 0.939 bits per heavy atom. The maximum atomic E-state index is 12.5. The number of nitrogens with one attached hydrogen (secondary N) is 3. The summed E-state index contributed by atoms with van der Waals surface area (Å²) < 4.78 is 0. The third-order valence-corrected chi connectivity index (χ3v) is 5.26. The van der Waals surface area contributed by atoms with Crippen LogP contribution in [0.4, 0.5) is 0 Å². The highest BCUT2D eigenvalue weighted by atomic mass is 16.4. The number of carboxylic acid groups (broad SMARTS) is 1. The number of carbonyl (C=O) groups excluding carboxylic acids is 2. The third kappa shape index (κ3) is 6.09. The Morgan fingerprint density at radius 3 is 2.27 bits per heavy atom. The highest BCUT2D eigenvalue weighted by molar-refractivity contribution is 5.92. The number of aromatic amines is 1. The van der Waals surface area contributed by atoms with E-state index in [1.807, 2.05) is 24.3 Å². The van der Waals surface area contributed by atoms with Crippen LogP contribution < -0.4 is 16.4 Å². The predicted molar refractivity (Wildman–Crippen MR) is 120 cm³/mol. The number of hydrogen-bond acceptors (Lipinski definition) is 6. The fourth-order valence-corrected chi connectivity index (χ4v) is 3.44. The number of aromatic hydroxyl groups is 1. The molecule has 0 saturated carbocycles. The number of carboxylic acids is 1. The van der Waals surface area contributed by atoms with Gasteiger partial charge in [-0.25, -0.2) is 4.79 Å². The molecule has 0 bridgehead atoms. The molecule has 3 atom stereocenters. The van der Waals surface area contributed by atoms with Crippen LogP contribution in [-0.2, 0) is 27.2 Å². The molecule has 0 aliphatic rings. The normalized spacial score (nSPS) is 13.8. The van der Waals surface area contributed by atoms with E-state index in [0.717, 1.165) is 16.5 Å². The van der Waals surface area contributed by atoms with E-state index < -0.39 is 42.5 Å². The van der Waals surface area contributed by atoms with Crippen molar-refractivity contribution in [1.29, 1.82) is 0 Å². The van der Waals surface area contributed by atoms with Crippen molar-refractivity contribution in [3.63, 3.8) is 0 Å². The molecule has 10 heteroatoms. The number of benzene rings is 2. The molecule has 33 heavy (non-hydrogen) atoms. The van der Waals surface area contributed by atoms with Gasteiger partial charge in [-0.1, -0.05) is 30.3 Å². The zero-order valence-electron chi connectivity index (χ0n) is 17.7. The first-order valence-corrected chi connectivity index (χ1v) is 10.3. The van der Waals surface area contributed by atoms with Crippen LogP contribution in [0.25, 0.3) is 10.9 Å². The maximum absolute atomic E-state index is 12.5. The van der Waals surface area contributed by atoms with Gasteiger partial charge in [0.2, 0.25) is 11.8 Å². The lowest BCUT2D eigenvalue weighted by Gasteiger charge is -2.21. The van der Waals surface area contributed by atoms with Gasteiger partial charge in [-0.05, 0) is 35.7 Å². The molecule has 3 aromatic rings. The number of phenols is 1. The van der Waals surface area contributed by atoms with Crippen molar-refractivity contribution in [3.8, 4) is 5.75 Å². The Hall–Kier alpha value is -3.89. The van der Waals surface area contributed by atoms with Crippen LogP contribution in [0.3, 0.4) is 0 Å². The number of nitrogens with two attached hydrogens (primary N) is 1. The van der Waals surface area contributed by atoms with Gasteiger partial charge in [0.25, 0.3) is 0 Å². The van der Waals surface area contributed by atoms with Gasteiger partial charge in [0.05, 0.1) is 12.6 Å². The average Bonchev–Trinajstić information content (AvgIpc) is 3.20. The van der Waals surface area contributed by atoms with Crippen LogP contribution in [-0.4, -0.2) is 62.8 Å². The lowest BCUT2D eigenvalue weighted by atomic mass is 10.0. The zero-order chi connectivity index (χ0) is 24.0. The topological polar surface area (TPSA) is 178 Å². The molecule has 8 N–H and O–H groups in total. The van der Waals surface area contributed by atoms with Crippen molar-refractivity contribution >= 4 is 28.7 Å². The Balaban J connectivity index is 1.60. The molecule has 0 spiro atoms. The number of aliphatic carboxylic acids is 1. The van der Waals surface area contributed by atoms with Crippen LogP contribution in [0.2, 0.25) is 0 Å². The summed E-state index contributed by atoms with van der Waals surface area (Å²) in [6, 6.07) is 9.77. The van der Waals surface area contributed by atoms with Crippen molar-refractivity contribution in [1.82, 2.24) is 15.6 Å². The Bertz CT molecular complexity index is 1130. The van der Waals surface area contributed by atoms with Gasteiger partial charge in [-0.3, -0.25) is 9.59 Å². The summed E-state index contributed by atoms with van der Waals surface area (Å²) in [7, 11) is 0. The fourth-order valence-electron chi connectivity index (χ4n) is 3.44. The highest BCUT2D eigenvalue weighted by Gasteiger charge is 2.28. The number of aromatic nitrogens is 1. The number of rotatable bonds is 10. The summed E-state index contributed by atoms with van der Waals surface area (Å²) in [5.41, 5.74) is 8.32. The number of fused-ring (bicyclic) bond motifs is 1. The van der Waals surface area contributed by atoms with E-state index in [-0.39, 0.29) is 18.6 Å². The van der Waals surface area contributed by atoms with Crippen molar-refractivity contribution in [2.75, 3.05) is 6.61 Å². The Morgan fingerprint density at radius 2 is 1.61 bits per heavy atom. The monoisotopic (exact) mass is 454 g/mol. The number of phenolic OH excluding ortho intramolecular Hbond substituents is 1. The minimum atomic E-state index is -1.37. The number of hydrogen-bond donors (Lipinski definition) is 7. The quantitative estimate of drug-likeness (QED) is 0.226. The number of amides is 2. The van der Waals surface area contributed by atoms with Crippen molar-refractivity contribution in [2.45, 2.75) is 31.0 Å². The van der Waals surface area contributed by atoms with Gasteiger partial charge < -0.3 is 36.7 Å². The van der Waals surface area contributed by atoms with E-state index >= 15 is 0 Å². The summed E-state index contributed by atoms with van der Waals surface area (Å²) in [5.74, 6) is -2.76. The molecule has 0 aliphatic heterocycles. The van der Waals surface area contributed by atoms with Gasteiger partial charge in [-0.2, -0.15) is 0 Å². The molecule has 0 fully saturated rings. The van der Waals surface area contributed by atoms with E-state index in [9.17, 15) is 29.7 Å². The SMILES string of the molecule is N[C@@H](Cc1c[nH]c2ccccc12)C(=O)N[C@@H](CO)C(=O)N[C@@H](Cc1ccc(O)cc1)C(=O)O. The maximum Gasteiger partial charge on any atom is 0.326 e. The van der Waals surface area contributed by atoms with E-state index in [2.05, 4.69) is 15.6 Å². The van der Waals surface area contributed by atoms with Gasteiger partial charge in [0, 0.05) is 23.5 Å². The molecular weight excluding hydrogens is 428 g/mol. The highest BCUT2D eigenvalue weighted by Crippen LogP contribution is 2.18. The number of carbonyl (C=O) groups is 3. The summed E-state index contributed by atoms with van der Waals surface area (Å²) in [6.45, 7) is -0.733. The van der Waals surface area contributed by atoms with Gasteiger partial charge in [0.1, 0.15) is 17.8 Å². The second kappa shape index (κ2) is 10.6. The van der Waals surface area contributed by atoms with Gasteiger partial charge >= 0.3 is 5.97 Å². The van der Waals surface area contributed by atoms with E-state index in [1.165, 1.54) is 24.3 Å². The fraction of sp³-hybridized carbons (Fsp3) is 0.261. The first-order chi connectivity index (χ1) is 15.8. The van der Waals surface area contributed by atoms with Crippen molar-refractivity contribution < 1.29 is 29.7 Å². The number of aliphatic hydroxyl groups excluding tert-OH is 1. The summed E-state index contributed by atoms with van der Waals surface area (Å²) in [5, 5.41) is 34.0. The number of para-hydroxylation sites is 1. The second-order valence-electron chi connectivity index (χ2n) is 7.68. The van der Waals surface area contributed by atoms with E-state index in [4.69, 9.17) is 5.73 Å². The average molecular weight is 454 g/mol. The molecule has 0 radical (unpaired) electrons. The lowest BCUT2D eigenvalue weighted by Crippen LogP contribution is -2.56. The molecule has 1 aromatic heterocycles. The summed E-state index contributed by atoms with van der Waals surface area (Å²) >= 11 is 0. The third-order valence-electron chi connectivity index (χ3n) is 5.26. The van der Waals surface area contributed by atoms with Gasteiger partial charge in [-0.15, -0.1) is 0 Å². The van der Waals surface area contributed by atoms with E-state index in [1.54, 1.807) is 6.20 Å². The predicted octanol–water partition coefficient (Wildman–Crippen LogP) is 0.0325. The van der Waals surface area contributed by atoms with Crippen LogP contribution >= 0.6 is 0 Å². The minimum absolute atomic E-state index is 0.0293. The molecule has 10 nitrogen and oxygen atoms in total. The van der Waals surface area contributed by atoms with E-state index in [0.29, 0.717) is 5.56 Å². The molecule has 0 saturated heterocycles. The molecule has 2 aromatic carbocycles. The molecule has 174 valence electrons. The second-order valence-corrected chi connectivity index (χ2v) is 7.68. The number of H-pyrrole nitrogens is 1. The van der Waals surface area contributed by atoms with Crippen LogP contribution in [0, 0.1) is 0 Å². The first-order valence-electron chi connectivity index (χ1n) is 10.3. The van der Waals surface area contributed by atoms with Crippen LogP contribution in [0.5, 0.6) is 5.75 Å².